The highest BCUT2D eigenvalue weighted by Gasteiger charge is 2.09. The van der Waals surface area contributed by atoms with Crippen LogP contribution in [0, 0.1) is 5.92 Å². The van der Waals surface area contributed by atoms with Crippen LogP contribution in [0.25, 0.3) is 16.7 Å². The van der Waals surface area contributed by atoms with E-state index in [0.29, 0.717) is 18.2 Å². The van der Waals surface area contributed by atoms with Crippen molar-refractivity contribution in [3.63, 3.8) is 0 Å². The van der Waals surface area contributed by atoms with E-state index in [1.165, 1.54) is 11.1 Å². The summed E-state index contributed by atoms with van der Waals surface area (Å²) < 4.78 is 0. The van der Waals surface area contributed by atoms with Gasteiger partial charge in [0.1, 0.15) is 5.84 Å². The molecular formula is C32H33N3. The zero-order valence-corrected chi connectivity index (χ0v) is 20.9. The molecule has 0 aliphatic heterocycles. The first kappa shape index (κ1) is 25.5. The highest BCUT2D eigenvalue weighted by molar-refractivity contribution is 6.07. The van der Waals surface area contributed by atoms with Crippen LogP contribution in [0.1, 0.15) is 37.5 Å². The third-order valence-corrected chi connectivity index (χ3v) is 5.54. The minimum Gasteiger partial charge on any atom is -0.261 e. The summed E-state index contributed by atoms with van der Waals surface area (Å²) >= 11 is 0. The third-order valence-electron chi connectivity index (χ3n) is 5.54. The molecule has 0 amide bonds. The van der Waals surface area contributed by atoms with Crippen LogP contribution in [0.3, 0.4) is 0 Å². The molecule has 0 saturated carbocycles. The van der Waals surface area contributed by atoms with E-state index in [4.69, 9.17) is 9.98 Å². The molecule has 0 unspecified atom stereocenters. The second kappa shape index (κ2) is 13.0. The predicted molar refractivity (Wildman–Crippen MR) is 153 cm³/mol. The fraction of sp³-hybridized carbons (Fsp3) is 0.156. The average Bonchev–Trinajstić information content (AvgIpc) is 2.90. The van der Waals surface area contributed by atoms with Crippen molar-refractivity contribution in [1.29, 1.82) is 0 Å². The molecule has 0 aliphatic carbocycles. The number of benzene rings is 3. The van der Waals surface area contributed by atoms with Gasteiger partial charge in [0.25, 0.3) is 0 Å². The molecule has 3 rings (SSSR count). The lowest BCUT2D eigenvalue weighted by atomic mass is 10.0. The molecular weight excluding hydrogens is 426 g/mol. The van der Waals surface area contributed by atoms with Crippen LogP contribution >= 0.6 is 0 Å². The van der Waals surface area contributed by atoms with Gasteiger partial charge in [0, 0.05) is 11.5 Å². The fourth-order valence-corrected chi connectivity index (χ4v) is 3.54. The first-order valence-electron chi connectivity index (χ1n) is 11.9. The Hall–Kier alpha value is -4.11. The number of rotatable bonds is 8. The van der Waals surface area contributed by atoms with Crippen molar-refractivity contribution >= 4 is 24.0 Å². The molecule has 0 atom stereocenters. The van der Waals surface area contributed by atoms with E-state index in [0.717, 1.165) is 22.3 Å². The van der Waals surface area contributed by atoms with Gasteiger partial charge in [-0.2, -0.15) is 0 Å². The summed E-state index contributed by atoms with van der Waals surface area (Å²) in [6.07, 6.45) is 7.92. The lowest BCUT2D eigenvalue weighted by Crippen LogP contribution is -2.09. The monoisotopic (exact) mass is 459 g/mol. The maximum atomic E-state index is 4.88. The summed E-state index contributed by atoms with van der Waals surface area (Å²) in [5.41, 5.74) is 6.60. The molecule has 0 bridgehead atoms. The van der Waals surface area contributed by atoms with Crippen LogP contribution in [-0.2, 0) is 6.54 Å². The Kier molecular flexibility index (Phi) is 9.44. The number of aliphatic imine (C=N–C) groups is 3. The van der Waals surface area contributed by atoms with E-state index in [-0.39, 0.29) is 5.92 Å². The summed E-state index contributed by atoms with van der Waals surface area (Å²) in [5, 5.41) is 0. The van der Waals surface area contributed by atoms with Crippen molar-refractivity contribution in [1.82, 2.24) is 0 Å². The van der Waals surface area contributed by atoms with Gasteiger partial charge in [-0.25, -0.2) is 9.98 Å². The van der Waals surface area contributed by atoms with E-state index >= 15 is 0 Å². The lowest BCUT2D eigenvalue weighted by molar-refractivity contribution is 0.875. The average molecular weight is 460 g/mol. The maximum Gasteiger partial charge on any atom is 0.157 e. The lowest BCUT2D eigenvalue weighted by Gasteiger charge is -2.09. The van der Waals surface area contributed by atoms with Crippen LogP contribution in [0.4, 0.5) is 0 Å². The van der Waals surface area contributed by atoms with Crippen molar-refractivity contribution in [2.45, 2.75) is 27.3 Å². The van der Waals surface area contributed by atoms with Crippen molar-refractivity contribution < 1.29 is 0 Å². The van der Waals surface area contributed by atoms with Crippen LogP contribution in [0.15, 0.2) is 125 Å². The highest BCUT2D eigenvalue weighted by atomic mass is 15.0. The zero-order valence-electron chi connectivity index (χ0n) is 20.9. The first-order chi connectivity index (χ1) is 17.0. The number of allylic oxidation sites excluding steroid dienone is 5. The van der Waals surface area contributed by atoms with Gasteiger partial charge in [0.15, 0.2) is 5.84 Å². The van der Waals surface area contributed by atoms with E-state index in [9.17, 15) is 0 Å². The summed E-state index contributed by atoms with van der Waals surface area (Å²) in [6, 6.07) is 27.1. The summed E-state index contributed by atoms with van der Waals surface area (Å²) in [5.74, 6) is 1.47. The number of amidine groups is 2. The van der Waals surface area contributed by atoms with Gasteiger partial charge in [0.05, 0.1) is 6.54 Å². The fourth-order valence-electron chi connectivity index (χ4n) is 3.54. The Balaban J connectivity index is 1.91. The quantitative estimate of drug-likeness (QED) is 0.185. The van der Waals surface area contributed by atoms with Crippen LogP contribution in [0.5, 0.6) is 0 Å². The molecule has 0 aliphatic rings. The van der Waals surface area contributed by atoms with Gasteiger partial charge >= 0.3 is 0 Å². The second-order valence-electron chi connectivity index (χ2n) is 8.41. The van der Waals surface area contributed by atoms with E-state index < -0.39 is 0 Å². The van der Waals surface area contributed by atoms with Gasteiger partial charge in [-0.05, 0) is 41.5 Å². The van der Waals surface area contributed by atoms with Crippen molar-refractivity contribution in [2.75, 3.05) is 0 Å². The normalized spacial score (nSPS) is 12.9. The highest BCUT2D eigenvalue weighted by Crippen LogP contribution is 2.21. The molecule has 3 aromatic rings. The van der Waals surface area contributed by atoms with Gasteiger partial charge in [-0.3, -0.25) is 4.99 Å². The molecule has 0 radical (unpaired) electrons. The summed E-state index contributed by atoms with van der Waals surface area (Å²) in [6.45, 7) is 14.3. The topological polar surface area (TPSA) is 37.1 Å². The molecule has 35 heavy (non-hydrogen) atoms. The molecule has 0 aromatic heterocycles. The number of nitrogens with zero attached hydrogens (tertiary/aromatic N) is 3. The first-order valence-corrected chi connectivity index (χ1v) is 11.9. The molecule has 0 saturated heterocycles. The zero-order chi connectivity index (χ0) is 25.0. The van der Waals surface area contributed by atoms with Crippen LogP contribution in [0.2, 0.25) is 0 Å². The van der Waals surface area contributed by atoms with Crippen molar-refractivity contribution in [3.05, 3.63) is 126 Å². The predicted octanol–water partition coefficient (Wildman–Crippen LogP) is 8.20. The van der Waals surface area contributed by atoms with Crippen LogP contribution < -0.4 is 0 Å². The summed E-state index contributed by atoms with van der Waals surface area (Å²) in [7, 11) is 0. The maximum absolute atomic E-state index is 4.88. The summed E-state index contributed by atoms with van der Waals surface area (Å²) in [4.78, 5) is 13.8. The standard InChI is InChI=1S/C32H33N3/c1-6-8-12-26(7-2)28-19-21-30(22-20-28)32(35-31(33-5)24(3)4)34-23-25-15-17-29(18-16-25)27-13-10-9-11-14-27/h6-22,24H,2,5,23H2,1,3-4H3/b8-6-,26-12+,34-32?,35-31?. The number of hydrogen-bond acceptors (Lipinski definition) is 1. The van der Waals surface area contributed by atoms with Gasteiger partial charge in [-0.1, -0.05) is 124 Å². The van der Waals surface area contributed by atoms with Crippen molar-refractivity contribution in [2.24, 2.45) is 20.9 Å². The second-order valence-corrected chi connectivity index (χ2v) is 8.41. The Bertz CT molecular complexity index is 1240. The molecule has 0 heterocycles. The number of hydrogen-bond donors (Lipinski definition) is 0. The third kappa shape index (κ3) is 7.18. The Labute approximate surface area is 209 Å². The Morgan fingerprint density at radius 3 is 2.06 bits per heavy atom. The van der Waals surface area contributed by atoms with E-state index in [1.54, 1.807) is 0 Å². The van der Waals surface area contributed by atoms with Gasteiger partial charge in [-0.15, -0.1) is 0 Å². The molecule has 0 N–H and O–H groups in total. The van der Waals surface area contributed by atoms with Gasteiger partial charge < -0.3 is 0 Å². The molecule has 176 valence electrons. The van der Waals surface area contributed by atoms with Crippen LogP contribution in [-0.4, -0.2) is 18.4 Å². The molecule has 3 heteroatoms. The molecule has 3 aromatic carbocycles. The smallest absolute Gasteiger partial charge is 0.157 e. The Morgan fingerprint density at radius 2 is 1.49 bits per heavy atom. The van der Waals surface area contributed by atoms with E-state index in [2.05, 4.69) is 92.8 Å². The van der Waals surface area contributed by atoms with Gasteiger partial charge in [0.2, 0.25) is 0 Å². The SMILES string of the molecule is C=C/C(=C\C=C/C)c1ccc(C(=NCc2ccc(-c3ccccc3)cc2)N=C(N=C)C(C)C)cc1. The van der Waals surface area contributed by atoms with Crippen molar-refractivity contribution in [3.8, 4) is 11.1 Å². The van der Waals surface area contributed by atoms with E-state index in [1.807, 2.05) is 49.4 Å². The minimum absolute atomic E-state index is 0.151. The Morgan fingerprint density at radius 1 is 0.857 bits per heavy atom. The minimum atomic E-state index is 0.151. The molecule has 0 fully saturated rings. The molecule has 3 nitrogen and oxygen atoms in total. The largest absolute Gasteiger partial charge is 0.261 e. The molecule has 0 spiro atoms.